The summed E-state index contributed by atoms with van der Waals surface area (Å²) in [5.41, 5.74) is 0.146. The van der Waals surface area contributed by atoms with Crippen LogP contribution in [0.5, 0.6) is 0 Å². The van der Waals surface area contributed by atoms with Crippen molar-refractivity contribution in [3.63, 3.8) is 0 Å². The summed E-state index contributed by atoms with van der Waals surface area (Å²) in [6.07, 6.45) is -0.227. The van der Waals surface area contributed by atoms with Crippen LogP contribution in [0.1, 0.15) is 17.5 Å². The molecule has 0 saturated carbocycles. The van der Waals surface area contributed by atoms with Crippen molar-refractivity contribution in [1.82, 2.24) is 10.2 Å². The van der Waals surface area contributed by atoms with Gasteiger partial charge in [0.2, 0.25) is 5.91 Å². The highest BCUT2D eigenvalue weighted by Gasteiger charge is 2.43. The van der Waals surface area contributed by atoms with Gasteiger partial charge in [-0.2, -0.15) is 0 Å². The molecule has 1 fully saturated rings. The molecule has 1 N–H and O–H groups in total. The minimum Gasteiger partial charge on any atom is -0.445 e. The van der Waals surface area contributed by atoms with E-state index in [1.165, 1.54) is 11.0 Å². The van der Waals surface area contributed by atoms with Crippen molar-refractivity contribution < 1.29 is 23.1 Å². The second kappa shape index (κ2) is 8.56. The standard InChI is InChI=1S/C20H19ClF2N2O3/c21-11-18(26)24-20(15-6-7-16(22)17(23)10-15)8-9-25(13-20)19(27)28-12-14-4-2-1-3-5-14/h1-7,10H,8-9,11-13H2,(H,24,26). The van der Waals surface area contributed by atoms with Gasteiger partial charge in [0, 0.05) is 6.54 Å². The monoisotopic (exact) mass is 408 g/mol. The number of ether oxygens (including phenoxy) is 1. The Morgan fingerprint density at radius 1 is 1.14 bits per heavy atom. The molecule has 5 nitrogen and oxygen atoms in total. The van der Waals surface area contributed by atoms with Gasteiger partial charge >= 0.3 is 6.09 Å². The summed E-state index contributed by atoms with van der Waals surface area (Å²) in [6.45, 7) is 0.464. The number of benzene rings is 2. The second-order valence-corrected chi connectivity index (χ2v) is 6.87. The van der Waals surface area contributed by atoms with Gasteiger partial charge in [-0.25, -0.2) is 13.6 Å². The lowest BCUT2D eigenvalue weighted by Crippen LogP contribution is -2.49. The molecular weight excluding hydrogens is 390 g/mol. The predicted octanol–water partition coefficient (Wildman–Crippen LogP) is 3.56. The number of rotatable bonds is 5. The zero-order valence-corrected chi connectivity index (χ0v) is 15.7. The first-order valence-corrected chi connectivity index (χ1v) is 9.25. The van der Waals surface area contributed by atoms with E-state index in [-0.39, 0.29) is 25.6 Å². The number of hydrogen-bond acceptors (Lipinski definition) is 3. The lowest BCUT2D eigenvalue weighted by atomic mass is 9.88. The quantitative estimate of drug-likeness (QED) is 0.770. The number of halogens is 3. The third-order valence-corrected chi connectivity index (χ3v) is 4.95. The normalized spacial score (nSPS) is 18.8. The molecule has 0 aromatic heterocycles. The zero-order chi connectivity index (χ0) is 20.1. The average Bonchev–Trinajstić information content (AvgIpc) is 3.14. The van der Waals surface area contributed by atoms with Crippen molar-refractivity contribution in [2.75, 3.05) is 19.0 Å². The Labute approximate surface area is 166 Å². The average molecular weight is 409 g/mol. The number of nitrogens with zero attached hydrogens (tertiary/aromatic N) is 1. The third kappa shape index (κ3) is 4.42. The van der Waals surface area contributed by atoms with Crippen LogP contribution in [0.25, 0.3) is 0 Å². The Kier molecular flexibility index (Phi) is 6.14. The Bertz CT molecular complexity index is 866. The third-order valence-electron chi connectivity index (χ3n) is 4.70. The van der Waals surface area contributed by atoms with Crippen molar-refractivity contribution >= 4 is 23.6 Å². The number of likely N-dealkylation sites (tertiary alicyclic amines) is 1. The molecule has 3 rings (SSSR count). The fraction of sp³-hybridized carbons (Fsp3) is 0.300. The lowest BCUT2D eigenvalue weighted by Gasteiger charge is -2.31. The number of carbonyl (C=O) groups is 2. The molecule has 28 heavy (non-hydrogen) atoms. The number of amides is 2. The van der Waals surface area contributed by atoms with E-state index in [9.17, 15) is 18.4 Å². The topological polar surface area (TPSA) is 58.6 Å². The number of hydrogen-bond donors (Lipinski definition) is 1. The van der Waals surface area contributed by atoms with Gasteiger partial charge in [0.15, 0.2) is 11.6 Å². The summed E-state index contributed by atoms with van der Waals surface area (Å²) in [5, 5.41) is 2.75. The molecule has 1 heterocycles. The van der Waals surface area contributed by atoms with Gasteiger partial charge in [-0.3, -0.25) is 4.79 Å². The van der Waals surface area contributed by atoms with E-state index < -0.39 is 29.2 Å². The summed E-state index contributed by atoms with van der Waals surface area (Å²) in [5.74, 6) is -2.77. The summed E-state index contributed by atoms with van der Waals surface area (Å²) in [6, 6.07) is 12.6. The van der Waals surface area contributed by atoms with E-state index in [1.54, 1.807) is 0 Å². The molecule has 0 aliphatic carbocycles. The molecule has 0 spiro atoms. The van der Waals surface area contributed by atoms with Gasteiger partial charge in [-0.1, -0.05) is 36.4 Å². The Morgan fingerprint density at radius 3 is 2.57 bits per heavy atom. The molecule has 2 aromatic carbocycles. The minimum atomic E-state index is -1.06. The van der Waals surface area contributed by atoms with Crippen LogP contribution < -0.4 is 5.32 Å². The van der Waals surface area contributed by atoms with Crippen LogP contribution in [0.2, 0.25) is 0 Å². The van der Waals surface area contributed by atoms with E-state index in [0.29, 0.717) is 12.0 Å². The van der Waals surface area contributed by atoms with Crippen LogP contribution >= 0.6 is 11.6 Å². The van der Waals surface area contributed by atoms with Crippen LogP contribution in [0.4, 0.5) is 13.6 Å². The molecule has 1 atom stereocenters. The van der Waals surface area contributed by atoms with Crippen molar-refractivity contribution in [2.45, 2.75) is 18.6 Å². The Morgan fingerprint density at radius 2 is 1.89 bits per heavy atom. The molecule has 8 heteroatoms. The van der Waals surface area contributed by atoms with Crippen LogP contribution in [0, 0.1) is 11.6 Å². The molecule has 1 unspecified atom stereocenters. The van der Waals surface area contributed by atoms with Crippen LogP contribution in [0.3, 0.4) is 0 Å². The summed E-state index contributed by atoms with van der Waals surface area (Å²) in [4.78, 5) is 25.8. The highest BCUT2D eigenvalue weighted by Crippen LogP contribution is 2.33. The van der Waals surface area contributed by atoms with E-state index in [1.807, 2.05) is 30.3 Å². The second-order valence-electron chi connectivity index (χ2n) is 6.60. The molecule has 1 aliphatic heterocycles. The van der Waals surface area contributed by atoms with Gasteiger partial charge in [0.1, 0.15) is 12.5 Å². The molecule has 2 amide bonds. The molecule has 2 aromatic rings. The maximum absolute atomic E-state index is 13.8. The largest absolute Gasteiger partial charge is 0.445 e. The van der Waals surface area contributed by atoms with Gasteiger partial charge < -0.3 is 15.0 Å². The van der Waals surface area contributed by atoms with Gasteiger partial charge in [-0.15, -0.1) is 11.6 Å². The fourth-order valence-electron chi connectivity index (χ4n) is 3.28. The minimum absolute atomic E-state index is 0.0638. The molecule has 1 aliphatic rings. The molecule has 0 radical (unpaired) electrons. The van der Waals surface area contributed by atoms with E-state index in [4.69, 9.17) is 16.3 Å². The first kappa shape index (κ1) is 20.1. The lowest BCUT2D eigenvalue weighted by molar-refractivity contribution is -0.120. The first-order chi connectivity index (χ1) is 13.4. The Hall–Kier alpha value is -2.67. The molecule has 148 valence electrons. The van der Waals surface area contributed by atoms with Crippen molar-refractivity contribution in [1.29, 1.82) is 0 Å². The van der Waals surface area contributed by atoms with Crippen LogP contribution in [-0.2, 0) is 21.7 Å². The fourth-order valence-corrected chi connectivity index (χ4v) is 3.35. The van der Waals surface area contributed by atoms with Gasteiger partial charge in [0.25, 0.3) is 0 Å². The number of alkyl halides is 1. The van der Waals surface area contributed by atoms with E-state index in [0.717, 1.165) is 17.7 Å². The maximum atomic E-state index is 13.8. The Balaban J connectivity index is 1.76. The van der Waals surface area contributed by atoms with E-state index in [2.05, 4.69) is 5.32 Å². The SMILES string of the molecule is O=C(CCl)NC1(c2ccc(F)c(F)c2)CCN(C(=O)OCc2ccccc2)C1. The van der Waals surface area contributed by atoms with Gasteiger partial charge in [0.05, 0.1) is 12.1 Å². The van der Waals surface area contributed by atoms with Crippen LogP contribution in [0.15, 0.2) is 48.5 Å². The van der Waals surface area contributed by atoms with Crippen LogP contribution in [-0.4, -0.2) is 35.9 Å². The first-order valence-electron chi connectivity index (χ1n) is 8.72. The zero-order valence-electron chi connectivity index (χ0n) is 15.0. The van der Waals surface area contributed by atoms with Crippen molar-refractivity contribution in [2.24, 2.45) is 0 Å². The molecule has 0 bridgehead atoms. The summed E-state index contributed by atoms with van der Waals surface area (Å²) >= 11 is 5.60. The summed E-state index contributed by atoms with van der Waals surface area (Å²) in [7, 11) is 0. The number of nitrogens with one attached hydrogen (secondary N) is 1. The van der Waals surface area contributed by atoms with Gasteiger partial charge in [-0.05, 0) is 29.7 Å². The molecular formula is C20H19ClF2N2O3. The smallest absolute Gasteiger partial charge is 0.410 e. The molecule has 1 saturated heterocycles. The summed E-state index contributed by atoms with van der Waals surface area (Å²) < 4.78 is 32.4. The van der Waals surface area contributed by atoms with Crippen molar-refractivity contribution in [3.8, 4) is 0 Å². The maximum Gasteiger partial charge on any atom is 0.410 e. The van der Waals surface area contributed by atoms with Crippen molar-refractivity contribution in [3.05, 3.63) is 71.3 Å². The highest BCUT2D eigenvalue weighted by atomic mass is 35.5. The number of carbonyl (C=O) groups excluding carboxylic acids is 2. The predicted molar refractivity (Wildman–Crippen MR) is 99.7 cm³/mol. The van der Waals surface area contributed by atoms with E-state index >= 15 is 0 Å². The highest BCUT2D eigenvalue weighted by molar-refractivity contribution is 6.27.